The number of amides is 1. The van der Waals surface area contributed by atoms with E-state index in [2.05, 4.69) is 22.5 Å². The fraction of sp³-hybridized carbons (Fsp3) is 0.923. The zero-order valence-corrected chi connectivity index (χ0v) is 10.9. The van der Waals surface area contributed by atoms with Crippen molar-refractivity contribution in [2.75, 3.05) is 39.3 Å². The average Bonchev–Trinajstić information content (AvgIpc) is 2.82. The van der Waals surface area contributed by atoms with Crippen LogP contribution in [0.4, 0.5) is 0 Å². The number of nitrogens with one attached hydrogen (secondary N) is 2. The Bertz CT molecular complexity index is 251. The van der Waals surface area contributed by atoms with E-state index in [1.54, 1.807) is 0 Å². The van der Waals surface area contributed by atoms with E-state index >= 15 is 0 Å². The molecule has 2 unspecified atom stereocenters. The fourth-order valence-corrected chi connectivity index (χ4v) is 2.85. The lowest BCUT2D eigenvalue weighted by molar-refractivity contribution is -0.124. The zero-order chi connectivity index (χ0) is 12.1. The van der Waals surface area contributed by atoms with Crippen LogP contribution in [-0.2, 0) is 4.79 Å². The summed E-state index contributed by atoms with van der Waals surface area (Å²) in [5.74, 6) is 1.26. The second-order valence-corrected chi connectivity index (χ2v) is 5.53. The van der Waals surface area contributed by atoms with Gasteiger partial charge in [0.25, 0.3) is 0 Å². The van der Waals surface area contributed by atoms with Crippen molar-refractivity contribution >= 4 is 5.91 Å². The van der Waals surface area contributed by atoms with Crippen LogP contribution in [0, 0.1) is 11.8 Å². The van der Waals surface area contributed by atoms with Crippen LogP contribution in [0.2, 0.25) is 0 Å². The maximum Gasteiger partial charge on any atom is 0.224 e. The van der Waals surface area contributed by atoms with E-state index in [0.717, 1.165) is 38.5 Å². The van der Waals surface area contributed by atoms with Crippen LogP contribution in [0.15, 0.2) is 0 Å². The molecule has 0 aromatic heterocycles. The Morgan fingerprint density at radius 2 is 2.35 bits per heavy atom. The normalized spacial score (nSPS) is 30.4. The Labute approximate surface area is 104 Å². The van der Waals surface area contributed by atoms with Crippen LogP contribution >= 0.6 is 0 Å². The molecule has 17 heavy (non-hydrogen) atoms. The largest absolute Gasteiger partial charge is 0.355 e. The van der Waals surface area contributed by atoms with Crippen molar-refractivity contribution in [1.82, 2.24) is 15.5 Å². The number of carbonyl (C=O) groups is 1. The molecule has 2 heterocycles. The standard InChI is InChI=1S/C13H25N3O/c1-11-3-2-7-16(10-11)8-6-15-13(17)12-4-5-14-9-12/h11-12,14H,2-10H2,1H3,(H,15,17). The van der Waals surface area contributed by atoms with Crippen molar-refractivity contribution < 1.29 is 4.79 Å². The number of hydrogen-bond donors (Lipinski definition) is 2. The summed E-state index contributed by atoms with van der Waals surface area (Å²) < 4.78 is 0. The molecule has 2 aliphatic rings. The summed E-state index contributed by atoms with van der Waals surface area (Å²) in [4.78, 5) is 14.3. The minimum atomic E-state index is 0.204. The number of piperidine rings is 1. The first-order chi connectivity index (χ1) is 8.25. The number of hydrogen-bond acceptors (Lipinski definition) is 3. The highest BCUT2D eigenvalue weighted by Gasteiger charge is 2.22. The van der Waals surface area contributed by atoms with Gasteiger partial charge < -0.3 is 15.5 Å². The molecule has 0 bridgehead atoms. The summed E-state index contributed by atoms with van der Waals surface area (Å²) >= 11 is 0. The third kappa shape index (κ3) is 3.96. The van der Waals surface area contributed by atoms with Gasteiger partial charge in [-0.3, -0.25) is 4.79 Å². The molecule has 98 valence electrons. The van der Waals surface area contributed by atoms with Gasteiger partial charge in [-0.25, -0.2) is 0 Å². The molecule has 2 saturated heterocycles. The van der Waals surface area contributed by atoms with Crippen molar-refractivity contribution in [1.29, 1.82) is 0 Å². The average molecular weight is 239 g/mol. The molecular formula is C13H25N3O. The smallest absolute Gasteiger partial charge is 0.224 e. The van der Waals surface area contributed by atoms with Gasteiger partial charge in [-0.2, -0.15) is 0 Å². The molecule has 0 radical (unpaired) electrons. The molecule has 0 saturated carbocycles. The van der Waals surface area contributed by atoms with Gasteiger partial charge in [0.15, 0.2) is 0 Å². The molecular weight excluding hydrogens is 214 g/mol. The second kappa shape index (κ2) is 6.36. The summed E-state index contributed by atoms with van der Waals surface area (Å²) in [6, 6.07) is 0. The first-order valence-electron chi connectivity index (χ1n) is 6.96. The molecule has 2 atom stereocenters. The van der Waals surface area contributed by atoms with E-state index in [0.29, 0.717) is 0 Å². The number of rotatable bonds is 4. The number of likely N-dealkylation sites (tertiary alicyclic amines) is 1. The van der Waals surface area contributed by atoms with E-state index < -0.39 is 0 Å². The second-order valence-electron chi connectivity index (χ2n) is 5.53. The van der Waals surface area contributed by atoms with Crippen molar-refractivity contribution in [3.8, 4) is 0 Å². The summed E-state index contributed by atoms with van der Waals surface area (Å²) in [6.45, 7) is 8.37. The lowest BCUT2D eigenvalue weighted by atomic mass is 10.0. The predicted molar refractivity (Wildman–Crippen MR) is 68.8 cm³/mol. The van der Waals surface area contributed by atoms with Gasteiger partial charge in [-0.15, -0.1) is 0 Å². The van der Waals surface area contributed by atoms with Gasteiger partial charge in [0.05, 0.1) is 5.92 Å². The highest BCUT2D eigenvalue weighted by atomic mass is 16.1. The molecule has 4 heteroatoms. The Morgan fingerprint density at radius 3 is 3.06 bits per heavy atom. The highest BCUT2D eigenvalue weighted by Crippen LogP contribution is 2.14. The maximum atomic E-state index is 11.8. The number of nitrogens with zero attached hydrogens (tertiary/aromatic N) is 1. The summed E-state index contributed by atoms with van der Waals surface area (Å²) in [5.41, 5.74) is 0. The monoisotopic (exact) mass is 239 g/mol. The van der Waals surface area contributed by atoms with Gasteiger partial charge in [0, 0.05) is 26.2 Å². The summed E-state index contributed by atoms with van der Waals surface area (Å²) in [7, 11) is 0. The highest BCUT2D eigenvalue weighted by molar-refractivity contribution is 5.79. The van der Waals surface area contributed by atoms with Crippen LogP contribution in [0.5, 0.6) is 0 Å². The van der Waals surface area contributed by atoms with Crippen LogP contribution in [-0.4, -0.2) is 50.1 Å². The SMILES string of the molecule is CC1CCCN(CCNC(=O)C2CCNC2)C1. The molecule has 2 N–H and O–H groups in total. The predicted octanol–water partition coefficient (Wildman–Crippen LogP) is 0.444. The van der Waals surface area contributed by atoms with Gasteiger partial charge in [0.1, 0.15) is 0 Å². The molecule has 0 aliphatic carbocycles. The number of carbonyl (C=O) groups excluding carboxylic acids is 1. The Morgan fingerprint density at radius 1 is 1.47 bits per heavy atom. The van der Waals surface area contributed by atoms with Crippen molar-refractivity contribution in [2.45, 2.75) is 26.2 Å². The van der Waals surface area contributed by atoms with Crippen molar-refractivity contribution in [3.63, 3.8) is 0 Å². The summed E-state index contributed by atoms with van der Waals surface area (Å²) in [6.07, 6.45) is 3.66. The van der Waals surface area contributed by atoms with E-state index in [1.807, 2.05) is 0 Å². The Hall–Kier alpha value is -0.610. The molecule has 2 aliphatic heterocycles. The molecule has 1 amide bonds. The minimum absolute atomic E-state index is 0.204. The van der Waals surface area contributed by atoms with Gasteiger partial charge in [-0.1, -0.05) is 6.92 Å². The maximum absolute atomic E-state index is 11.8. The molecule has 2 rings (SSSR count). The van der Waals surface area contributed by atoms with Gasteiger partial charge >= 0.3 is 0 Å². The lowest BCUT2D eigenvalue weighted by Gasteiger charge is -2.30. The Balaban J connectivity index is 1.60. The lowest BCUT2D eigenvalue weighted by Crippen LogP contribution is -2.41. The molecule has 0 aromatic carbocycles. The van der Waals surface area contributed by atoms with Gasteiger partial charge in [0.2, 0.25) is 5.91 Å². The van der Waals surface area contributed by atoms with Crippen LogP contribution in [0.25, 0.3) is 0 Å². The summed E-state index contributed by atoms with van der Waals surface area (Å²) in [5, 5.41) is 6.29. The Kier molecular flexibility index (Phi) is 4.80. The molecule has 4 nitrogen and oxygen atoms in total. The van der Waals surface area contributed by atoms with Gasteiger partial charge in [-0.05, 0) is 38.3 Å². The van der Waals surface area contributed by atoms with E-state index in [4.69, 9.17) is 0 Å². The molecule has 2 fully saturated rings. The third-order valence-corrected chi connectivity index (χ3v) is 3.90. The fourth-order valence-electron chi connectivity index (χ4n) is 2.85. The zero-order valence-electron chi connectivity index (χ0n) is 10.9. The van der Waals surface area contributed by atoms with E-state index in [9.17, 15) is 4.79 Å². The van der Waals surface area contributed by atoms with Crippen molar-refractivity contribution in [2.24, 2.45) is 11.8 Å². The van der Waals surface area contributed by atoms with E-state index in [-0.39, 0.29) is 11.8 Å². The minimum Gasteiger partial charge on any atom is -0.355 e. The quantitative estimate of drug-likeness (QED) is 0.748. The molecule has 0 spiro atoms. The molecule has 0 aromatic rings. The topological polar surface area (TPSA) is 44.4 Å². The van der Waals surface area contributed by atoms with E-state index in [1.165, 1.54) is 25.9 Å². The third-order valence-electron chi connectivity index (χ3n) is 3.90. The van der Waals surface area contributed by atoms with Crippen LogP contribution < -0.4 is 10.6 Å². The first kappa shape index (κ1) is 12.8. The first-order valence-corrected chi connectivity index (χ1v) is 6.96. The van der Waals surface area contributed by atoms with Crippen molar-refractivity contribution in [3.05, 3.63) is 0 Å². The van der Waals surface area contributed by atoms with Crippen LogP contribution in [0.3, 0.4) is 0 Å². The van der Waals surface area contributed by atoms with Crippen LogP contribution in [0.1, 0.15) is 26.2 Å².